The Balaban J connectivity index is 1.87. The van der Waals surface area contributed by atoms with Crippen LogP contribution in [-0.4, -0.2) is 12.1 Å². The van der Waals surface area contributed by atoms with Gasteiger partial charge >= 0.3 is 0 Å². The van der Waals surface area contributed by atoms with Gasteiger partial charge in [0.25, 0.3) is 0 Å². The Labute approximate surface area is 131 Å². The number of rotatable bonds is 6. The van der Waals surface area contributed by atoms with Gasteiger partial charge in [-0.1, -0.05) is 30.7 Å². The van der Waals surface area contributed by atoms with E-state index < -0.39 is 0 Å². The summed E-state index contributed by atoms with van der Waals surface area (Å²) in [5.74, 6) is 1.45. The fraction of sp³-hybridized carbons (Fsp3) is 0.333. The highest BCUT2D eigenvalue weighted by molar-refractivity contribution is 5.81. The number of amides is 1. The molecule has 0 bridgehead atoms. The molecule has 0 radical (unpaired) electrons. The van der Waals surface area contributed by atoms with E-state index in [4.69, 9.17) is 4.42 Å². The maximum absolute atomic E-state index is 11.9. The van der Waals surface area contributed by atoms with Crippen LogP contribution in [-0.2, 0) is 17.6 Å². The van der Waals surface area contributed by atoms with Gasteiger partial charge in [-0.15, -0.1) is 0 Å². The second-order valence-corrected chi connectivity index (χ2v) is 5.45. The predicted molar refractivity (Wildman–Crippen MR) is 88.1 cm³/mol. The zero-order chi connectivity index (χ0) is 15.9. The van der Waals surface area contributed by atoms with Crippen molar-refractivity contribution in [2.75, 3.05) is 0 Å². The first-order valence-corrected chi connectivity index (χ1v) is 7.55. The third kappa shape index (κ3) is 4.58. The van der Waals surface area contributed by atoms with Crippen LogP contribution in [0.2, 0.25) is 0 Å². The van der Waals surface area contributed by atoms with Gasteiger partial charge in [-0.25, -0.2) is 5.43 Å². The number of hydrogen-bond donors (Lipinski definition) is 1. The minimum Gasteiger partial charge on any atom is -0.460 e. The molecular formula is C18H22N2O2. The van der Waals surface area contributed by atoms with Crippen molar-refractivity contribution in [3.63, 3.8) is 0 Å². The monoisotopic (exact) mass is 298 g/mol. The van der Waals surface area contributed by atoms with Crippen molar-refractivity contribution >= 4 is 12.1 Å². The molecule has 0 saturated heterocycles. The summed E-state index contributed by atoms with van der Waals surface area (Å²) in [6, 6.07) is 9.85. The fourth-order valence-corrected chi connectivity index (χ4v) is 2.27. The van der Waals surface area contributed by atoms with Crippen molar-refractivity contribution in [1.82, 2.24) is 5.43 Å². The van der Waals surface area contributed by atoms with E-state index in [2.05, 4.69) is 23.5 Å². The average Bonchev–Trinajstić information content (AvgIpc) is 2.90. The van der Waals surface area contributed by atoms with Gasteiger partial charge in [0, 0.05) is 6.42 Å². The van der Waals surface area contributed by atoms with Crippen LogP contribution in [0.5, 0.6) is 0 Å². The molecule has 4 nitrogen and oxygen atoms in total. The summed E-state index contributed by atoms with van der Waals surface area (Å²) in [6.07, 6.45) is 3.80. The van der Waals surface area contributed by atoms with E-state index in [9.17, 15) is 4.79 Å². The van der Waals surface area contributed by atoms with Crippen molar-refractivity contribution in [3.05, 3.63) is 58.5 Å². The van der Waals surface area contributed by atoms with E-state index >= 15 is 0 Å². The van der Waals surface area contributed by atoms with Crippen LogP contribution in [0.3, 0.4) is 0 Å². The maximum atomic E-state index is 11.9. The number of carbonyl (C=O) groups is 1. The average molecular weight is 298 g/mol. The molecule has 4 heteroatoms. The summed E-state index contributed by atoms with van der Waals surface area (Å²) in [5, 5.41) is 3.94. The summed E-state index contributed by atoms with van der Waals surface area (Å²) < 4.78 is 5.56. The van der Waals surface area contributed by atoms with E-state index in [1.807, 2.05) is 38.1 Å². The molecule has 0 aliphatic rings. The second-order valence-electron chi connectivity index (χ2n) is 5.45. The molecule has 1 amide bonds. The lowest BCUT2D eigenvalue weighted by molar-refractivity contribution is -0.120. The molecule has 2 aromatic rings. The Bertz CT molecular complexity index is 671. The van der Waals surface area contributed by atoms with Gasteiger partial charge in [0.2, 0.25) is 5.91 Å². The lowest BCUT2D eigenvalue weighted by atomic mass is 10.0. The van der Waals surface area contributed by atoms with Gasteiger partial charge in [-0.3, -0.25) is 4.79 Å². The van der Waals surface area contributed by atoms with E-state index in [1.165, 1.54) is 11.8 Å². The van der Waals surface area contributed by atoms with Gasteiger partial charge < -0.3 is 4.42 Å². The minimum atomic E-state index is -0.136. The molecule has 0 atom stereocenters. The lowest BCUT2D eigenvalue weighted by Crippen LogP contribution is -2.20. The van der Waals surface area contributed by atoms with Crippen molar-refractivity contribution in [3.8, 4) is 0 Å². The molecule has 116 valence electrons. The molecule has 1 N–H and O–H groups in total. The van der Waals surface area contributed by atoms with Crippen molar-refractivity contribution in [2.24, 2.45) is 5.10 Å². The van der Waals surface area contributed by atoms with Crippen LogP contribution in [0, 0.1) is 13.8 Å². The maximum Gasteiger partial charge on any atom is 0.244 e. The molecule has 0 spiro atoms. The highest BCUT2D eigenvalue weighted by Crippen LogP contribution is 2.11. The number of furan rings is 1. The molecular weight excluding hydrogens is 276 g/mol. The number of hydrogen-bond acceptors (Lipinski definition) is 3. The molecule has 0 unspecified atom stereocenters. The van der Waals surface area contributed by atoms with Crippen molar-refractivity contribution < 1.29 is 9.21 Å². The van der Waals surface area contributed by atoms with Crippen LogP contribution < -0.4 is 5.43 Å². The highest BCUT2D eigenvalue weighted by Gasteiger charge is 2.05. The Hall–Kier alpha value is -2.36. The fourth-order valence-electron chi connectivity index (χ4n) is 2.27. The number of nitrogens with one attached hydrogen (secondary N) is 1. The van der Waals surface area contributed by atoms with E-state index in [0.29, 0.717) is 12.2 Å². The van der Waals surface area contributed by atoms with Crippen LogP contribution >= 0.6 is 0 Å². The smallest absolute Gasteiger partial charge is 0.244 e. The summed E-state index contributed by atoms with van der Waals surface area (Å²) in [4.78, 5) is 11.9. The van der Waals surface area contributed by atoms with Crippen LogP contribution in [0.25, 0.3) is 0 Å². The molecule has 22 heavy (non-hydrogen) atoms. The summed E-state index contributed by atoms with van der Waals surface area (Å²) in [5.41, 5.74) is 5.86. The topological polar surface area (TPSA) is 54.6 Å². The van der Waals surface area contributed by atoms with Crippen LogP contribution in [0.15, 0.2) is 39.9 Å². The van der Waals surface area contributed by atoms with Gasteiger partial charge in [-0.2, -0.15) is 5.10 Å². The van der Waals surface area contributed by atoms with Crippen LogP contribution in [0.1, 0.15) is 41.6 Å². The minimum absolute atomic E-state index is 0.136. The van der Waals surface area contributed by atoms with E-state index in [0.717, 1.165) is 29.7 Å². The molecule has 0 saturated carbocycles. The SMILES string of the molecule is CCCc1ccc(/C=N/NC(=O)Cc2ccc(C)cc2C)o1. The summed E-state index contributed by atoms with van der Waals surface area (Å²) in [6.45, 7) is 6.15. The number of aryl methyl sites for hydroxylation is 3. The predicted octanol–water partition coefficient (Wildman–Crippen LogP) is 3.54. The molecule has 0 fully saturated rings. The zero-order valence-electron chi connectivity index (χ0n) is 13.3. The molecule has 2 rings (SSSR count). The first kappa shape index (κ1) is 16.0. The summed E-state index contributed by atoms with van der Waals surface area (Å²) >= 11 is 0. The molecule has 1 heterocycles. The van der Waals surface area contributed by atoms with Gasteiger partial charge in [0.05, 0.1) is 12.6 Å². The van der Waals surface area contributed by atoms with Crippen LogP contribution in [0.4, 0.5) is 0 Å². The second kappa shape index (κ2) is 7.59. The number of nitrogens with zero attached hydrogens (tertiary/aromatic N) is 1. The van der Waals surface area contributed by atoms with Gasteiger partial charge in [0.15, 0.2) is 0 Å². The number of hydrazone groups is 1. The Morgan fingerprint density at radius 3 is 2.82 bits per heavy atom. The number of benzene rings is 1. The first-order valence-electron chi connectivity index (χ1n) is 7.55. The molecule has 1 aromatic heterocycles. The Morgan fingerprint density at radius 2 is 2.09 bits per heavy atom. The Kier molecular flexibility index (Phi) is 5.53. The van der Waals surface area contributed by atoms with Crippen molar-refractivity contribution in [2.45, 2.75) is 40.0 Å². The molecule has 1 aromatic carbocycles. The van der Waals surface area contributed by atoms with Gasteiger partial charge in [0.1, 0.15) is 11.5 Å². The first-order chi connectivity index (χ1) is 10.6. The lowest BCUT2D eigenvalue weighted by Gasteiger charge is -2.05. The molecule has 0 aliphatic heterocycles. The quantitative estimate of drug-likeness (QED) is 0.655. The largest absolute Gasteiger partial charge is 0.460 e. The highest BCUT2D eigenvalue weighted by atomic mass is 16.3. The standard InChI is InChI=1S/C18H22N2O2/c1-4-5-16-8-9-17(22-16)12-19-20-18(21)11-15-7-6-13(2)10-14(15)3/h6-10,12H,4-5,11H2,1-3H3,(H,20,21)/b19-12+. The number of carbonyl (C=O) groups excluding carboxylic acids is 1. The zero-order valence-corrected chi connectivity index (χ0v) is 13.3. The third-order valence-electron chi connectivity index (χ3n) is 3.41. The van der Waals surface area contributed by atoms with E-state index in [-0.39, 0.29) is 5.91 Å². The van der Waals surface area contributed by atoms with E-state index in [1.54, 1.807) is 0 Å². The Morgan fingerprint density at radius 1 is 1.27 bits per heavy atom. The van der Waals surface area contributed by atoms with Gasteiger partial charge in [-0.05, 0) is 43.5 Å². The van der Waals surface area contributed by atoms with Crippen molar-refractivity contribution in [1.29, 1.82) is 0 Å². The normalized spacial score (nSPS) is 11.0. The third-order valence-corrected chi connectivity index (χ3v) is 3.41. The molecule has 0 aliphatic carbocycles. The summed E-state index contributed by atoms with van der Waals surface area (Å²) in [7, 11) is 0.